The molecule has 1 saturated carbocycles. The molecule has 26 heavy (non-hydrogen) atoms. The summed E-state index contributed by atoms with van der Waals surface area (Å²) >= 11 is 7.45. The van der Waals surface area contributed by atoms with Crippen LogP contribution in [0.4, 0.5) is 5.82 Å². The number of thioether (sulfide) groups is 1. The first kappa shape index (κ1) is 17.5. The predicted octanol–water partition coefficient (Wildman–Crippen LogP) is 3.82. The number of carbonyl (C=O) groups excluding carboxylic acids is 1. The second-order valence-electron chi connectivity index (χ2n) is 6.82. The number of halogens is 1. The van der Waals surface area contributed by atoms with Gasteiger partial charge in [-0.1, -0.05) is 36.9 Å². The van der Waals surface area contributed by atoms with Crippen LogP contribution in [-0.4, -0.2) is 26.5 Å². The summed E-state index contributed by atoms with van der Waals surface area (Å²) in [5.74, 6) is 0.706. The molecule has 2 aliphatic rings. The molecule has 1 amide bonds. The van der Waals surface area contributed by atoms with Crippen LogP contribution in [0, 0.1) is 0 Å². The number of aromatic hydroxyl groups is 1. The van der Waals surface area contributed by atoms with E-state index in [1.807, 2.05) is 4.68 Å². The quantitative estimate of drug-likeness (QED) is 0.723. The van der Waals surface area contributed by atoms with Crippen molar-refractivity contribution >= 4 is 35.1 Å². The Kier molecular flexibility index (Phi) is 4.75. The SMILES string of the molecule is O=C1CS[C@H](c2ccc(O)c(Cl)c2)c2c(n(C3CCCCC3)[nH]c2=O)N1. The summed E-state index contributed by atoms with van der Waals surface area (Å²) in [6.07, 6.45) is 5.45. The predicted molar refractivity (Wildman–Crippen MR) is 103 cm³/mol. The number of H-pyrrole nitrogens is 1. The minimum Gasteiger partial charge on any atom is -0.506 e. The molecule has 0 radical (unpaired) electrons. The Bertz CT molecular complexity index is 902. The largest absolute Gasteiger partial charge is 0.506 e. The van der Waals surface area contributed by atoms with Crippen LogP contribution in [0.1, 0.15) is 54.5 Å². The van der Waals surface area contributed by atoms with Crippen molar-refractivity contribution in [1.82, 2.24) is 9.78 Å². The summed E-state index contributed by atoms with van der Waals surface area (Å²) in [7, 11) is 0. The van der Waals surface area contributed by atoms with Gasteiger partial charge >= 0.3 is 0 Å². The van der Waals surface area contributed by atoms with Crippen molar-refractivity contribution in [2.24, 2.45) is 0 Å². The number of amides is 1. The van der Waals surface area contributed by atoms with Crippen LogP contribution in [0.5, 0.6) is 5.75 Å². The second kappa shape index (κ2) is 7.04. The van der Waals surface area contributed by atoms with Crippen molar-refractivity contribution < 1.29 is 9.90 Å². The lowest BCUT2D eigenvalue weighted by Crippen LogP contribution is -2.21. The molecule has 6 nitrogen and oxygen atoms in total. The molecular formula is C18H20ClN3O3S. The molecule has 0 unspecified atom stereocenters. The summed E-state index contributed by atoms with van der Waals surface area (Å²) in [6.45, 7) is 0. The molecule has 0 bridgehead atoms. The number of aromatic nitrogens is 2. The average Bonchev–Trinajstić information content (AvgIpc) is 2.84. The number of fused-ring (bicyclic) bond motifs is 1. The Morgan fingerprint density at radius 2 is 1.96 bits per heavy atom. The van der Waals surface area contributed by atoms with Crippen LogP contribution in [-0.2, 0) is 4.79 Å². The zero-order chi connectivity index (χ0) is 18.3. The number of benzene rings is 1. The maximum atomic E-state index is 12.8. The number of phenols is 1. The monoisotopic (exact) mass is 393 g/mol. The molecule has 2 heterocycles. The fourth-order valence-corrected chi connectivity index (χ4v) is 5.11. The number of rotatable bonds is 2. The topological polar surface area (TPSA) is 87.1 Å². The van der Waals surface area contributed by atoms with Crippen LogP contribution in [0.2, 0.25) is 5.02 Å². The maximum Gasteiger partial charge on any atom is 0.270 e. The minimum absolute atomic E-state index is 0.00264. The Balaban J connectivity index is 1.82. The molecule has 1 aromatic carbocycles. The second-order valence-corrected chi connectivity index (χ2v) is 8.32. The summed E-state index contributed by atoms with van der Waals surface area (Å²) in [5, 5.41) is 15.5. The number of carbonyl (C=O) groups is 1. The minimum atomic E-state index is -0.323. The molecule has 1 fully saturated rings. The Labute approximate surface area is 159 Å². The van der Waals surface area contributed by atoms with Crippen LogP contribution >= 0.6 is 23.4 Å². The maximum absolute atomic E-state index is 12.8. The van der Waals surface area contributed by atoms with Gasteiger partial charge in [0.25, 0.3) is 5.56 Å². The lowest BCUT2D eigenvalue weighted by atomic mass is 9.95. The molecule has 1 aromatic heterocycles. The molecule has 1 atom stereocenters. The van der Waals surface area contributed by atoms with Crippen molar-refractivity contribution in [1.29, 1.82) is 0 Å². The third kappa shape index (κ3) is 3.14. The fraction of sp³-hybridized carbons (Fsp3) is 0.444. The van der Waals surface area contributed by atoms with Crippen LogP contribution in [0.3, 0.4) is 0 Å². The van der Waals surface area contributed by atoms with Crippen molar-refractivity contribution in [2.75, 3.05) is 11.1 Å². The van der Waals surface area contributed by atoms with Gasteiger partial charge in [0.1, 0.15) is 11.6 Å². The van der Waals surface area contributed by atoms with Crippen molar-refractivity contribution in [2.45, 2.75) is 43.4 Å². The van der Waals surface area contributed by atoms with E-state index in [0.29, 0.717) is 11.4 Å². The standard InChI is InChI=1S/C18H20ClN3O3S/c19-12-8-10(6-7-13(12)23)16-15-17(20-14(24)9-26-16)22(21-18(15)25)11-4-2-1-3-5-11/h6-8,11,16,23H,1-5,9H2,(H,20,24)(H,21,25)/t16-/m1/s1. The van der Waals surface area contributed by atoms with E-state index in [0.717, 1.165) is 31.2 Å². The van der Waals surface area contributed by atoms with E-state index in [1.165, 1.54) is 24.2 Å². The van der Waals surface area contributed by atoms with Crippen LogP contribution < -0.4 is 10.9 Å². The van der Waals surface area contributed by atoms with Gasteiger partial charge in [-0.3, -0.25) is 19.4 Å². The Morgan fingerprint density at radius 3 is 2.69 bits per heavy atom. The highest BCUT2D eigenvalue weighted by Gasteiger charge is 2.32. The third-order valence-electron chi connectivity index (χ3n) is 5.08. The highest BCUT2D eigenvalue weighted by atomic mass is 35.5. The molecule has 2 aromatic rings. The molecule has 4 rings (SSSR count). The first-order valence-corrected chi connectivity index (χ1v) is 10.2. The number of hydrogen-bond acceptors (Lipinski definition) is 4. The molecule has 1 aliphatic heterocycles. The molecule has 138 valence electrons. The van der Waals surface area contributed by atoms with Gasteiger partial charge in [0.15, 0.2) is 0 Å². The van der Waals surface area contributed by atoms with Gasteiger partial charge in [0, 0.05) is 0 Å². The summed E-state index contributed by atoms with van der Waals surface area (Å²) in [5.41, 5.74) is 1.16. The molecule has 0 spiro atoms. The van der Waals surface area contributed by atoms with Crippen molar-refractivity contribution in [3.63, 3.8) is 0 Å². The van der Waals surface area contributed by atoms with Gasteiger partial charge in [-0.15, -0.1) is 11.8 Å². The molecular weight excluding hydrogens is 374 g/mol. The summed E-state index contributed by atoms with van der Waals surface area (Å²) in [4.78, 5) is 25.1. The van der Waals surface area contributed by atoms with E-state index in [9.17, 15) is 14.7 Å². The summed E-state index contributed by atoms with van der Waals surface area (Å²) in [6, 6.07) is 5.12. The zero-order valence-electron chi connectivity index (χ0n) is 14.1. The molecule has 0 saturated heterocycles. The molecule has 1 aliphatic carbocycles. The number of aromatic amines is 1. The van der Waals surface area contributed by atoms with Gasteiger partial charge in [0.05, 0.1) is 27.6 Å². The zero-order valence-corrected chi connectivity index (χ0v) is 15.7. The van der Waals surface area contributed by atoms with Gasteiger partial charge < -0.3 is 10.4 Å². The Morgan fingerprint density at radius 1 is 1.19 bits per heavy atom. The first-order valence-electron chi connectivity index (χ1n) is 8.79. The number of anilines is 1. The number of phenolic OH excluding ortho intramolecular Hbond substituents is 1. The van der Waals surface area contributed by atoms with E-state index in [4.69, 9.17) is 11.6 Å². The average molecular weight is 394 g/mol. The van der Waals surface area contributed by atoms with E-state index < -0.39 is 0 Å². The van der Waals surface area contributed by atoms with Gasteiger partial charge in [-0.25, -0.2) is 0 Å². The van der Waals surface area contributed by atoms with Crippen molar-refractivity contribution in [3.8, 4) is 5.75 Å². The van der Waals surface area contributed by atoms with E-state index >= 15 is 0 Å². The molecule has 8 heteroatoms. The van der Waals surface area contributed by atoms with Crippen molar-refractivity contribution in [3.05, 3.63) is 44.7 Å². The van der Waals surface area contributed by atoms with Gasteiger partial charge in [0.2, 0.25) is 5.91 Å². The number of hydrogen-bond donors (Lipinski definition) is 3. The number of nitrogens with one attached hydrogen (secondary N) is 2. The van der Waals surface area contributed by atoms with Crippen LogP contribution in [0.15, 0.2) is 23.0 Å². The van der Waals surface area contributed by atoms with E-state index in [1.54, 1.807) is 12.1 Å². The number of nitrogens with zero attached hydrogens (tertiary/aromatic N) is 1. The third-order valence-corrected chi connectivity index (χ3v) is 6.65. The highest BCUT2D eigenvalue weighted by Crippen LogP contribution is 2.43. The van der Waals surface area contributed by atoms with Gasteiger partial charge in [-0.2, -0.15) is 0 Å². The molecule has 3 N–H and O–H groups in total. The Hall–Kier alpha value is -1.86. The smallest absolute Gasteiger partial charge is 0.270 e. The summed E-state index contributed by atoms with van der Waals surface area (Å²) < 4.78 is 1.86. The first-order chi connectivity index (χ1) is 12.5. The van der Waals surface area contributed by atoms with E-state index in [-0.39, 0.29) is 39.3 Å². The van der Waals surface area contributed by atoms with Gasteiger partial charge in [-0.05, 0) is 30.5 Å². The highest BCUT2D eigenvalue weighted by molar-refractivity contribution is 8.00. The normalized spacial score (nSPS) is 21.1. The van der Waals surface area contributed by atoms with Crippen LogP contribution in [0.25, 0.3) is 0 Å². The fourth-order valence-electron chi connectivity index (χ4n) is 3.81. The van der Waals surface area contributed by atoms with E-state index in [2.05, 4.69) is 10.4 Å². The lowest BCUT2D eigenvalue weighted by molar-refractivity contribution is -0.113. The lowest BCUT2D eigenvalue weighted by Gasteiger charge is -2.24.